The molecule has 1 heterocycles. The predicted octanol–water partition coefficient (Wildman–Crippen LogP) is 2.16. The largest absolute Gasteiger partial charge is 0.493 e. The fourth-order valence-corrected chi connectivity index (χ4v) is 2.76. The Morgan fingerprint density at radius 3 is 2.63 bits per heavy atom. The summed E-state index contributed by atoms with van der Waals surface area (Å²) in [6.45, 7) is 6.79. The third-order valence-electron chi connectivity index (χ3n) is 4.06. The maximum atomic E-state index is 12.6. The maximum Gasteiger partial charge on any atom is 0.319 e. The van der Waals surface area contributed by atoms with E-state index in [-0.39, 0.29) is 18.9 Å². The molecule has 8 nitrogen and oxygen atoms in total. The molecule has 2 amide bonds. The summed E-state index contributed by atoms with van der Waals surface area (Å²) in [6.07, 6.45) is 0.866. The minimum Gasteiger partial charge on any atom is -0.493 e. The van der Waals surface area contributed by atoms with Crippen LogP contribution in [0.4, 0.5) is 4.79 Å². The summed E-state index contributed by atoms with van der Waals surface area (Å²) >= 11 is 0. The van der Waals surface area contributed by atoms with E-state index in [1.807, 2.05) is 6.92 Å². The fourth-order valence-electron chi connectivity index (χ4n) is 2.76. The number of amides is 2. The molecule has 0 unspecified atom stereocenters. The number of carbonyl (C=O) groups is 2. The number of carbonyl (C=O) groups excluding carboxylic acids is 2. The van der Waals surface area contributed by atoms with Crippen LogP contribution in [-0.2, 0) is 14.3 Å². The van der Waals surface area contributed by atoms with E-state index >= 15 is 0 Å². The van der Waals surface area contributed by atoms with Gasteiger partial charge in [-0.25, -0.2) is 4.79 Å². The van der Waals surface area contributed by atoms with Crippen molar-refractivity contribution < 1.29 is 28.5 Å². The molecule has 2 atom stereocenters. The molecule has 1 aliphatic heterocycles. The highest BCUT2D eigenvalue weighted by atomic mass is 16.6. The molecule has 0 radical (unpaired) electrons. The molecule has 27 heavy (non-hydrogen) atoms. The molecule has 0 spiro atoms. The molecule has 2 N–H and O–H groups in total. The first kappa shape index (κ1) is 20.6. The lowest BCUT2D eigenvalue weighted by molar-refractivity contribution is -0.149. The molecule has 2 rings (SSSR count). The Morgan fingerprint density at radius 1 is 1.19 bits per heavy atom. The molecule has 1 aliphatic rings. The molecule has 8 heteroatoms. The first-order chi connectivity index (χ1) is 13.0. The molecule has 1 fully saturated rings. The van der Waals surface area contributed by atoms with Gasteiger partial charge < -0.3 is 29.6 Å². The van der Waals surface area contributed by atoms with Crippen molar-refractivity contribution in [3.8, 4) is 11.5 Å². The lowest BCUT2D eigenvalue weighted by atomic mass is 9.89. The van der Waals surface area contributed by atoms with Crippen molar-refractivity contribution in [3.63, 3.8) is 0 Å². The van der Waals surface area contributed by atoms with Crippen LogP contribution in [0.5, 0.6) is 11.5 Å². The van der Waals surface area contributed by atoms with Crippen LogP contribution < -0.4 is 20.1 Å². The molecule has 1 aromatic rings. The van der Waals surface area contributed by atoms with E-state index < -0.39 is 24.0 Å². The van der Waals surface area contributed by atoms with E-state index in [2.05, 4.69) is 17.2 Å². The topological polar surface area (TPSA) is 95.1 Å². The number of ether oxygens (including phenoxy) is 4. The van der Waals surface area contributed by atoms with Crippen molar-refractivity contribution in [3.05, 3.63) is 36.0 Å². The van der Waals surface area contributed by atoms with Gasteiger partial charge in [-0.1, -0.05) is 19.6 Å². The van der Waals surface area contributed by atoms with Crippen molar-refractivity contribution in [2.24, 2.45) is 5.92 Å². The van der Waals surface area contributed by atoms with Crippen LogP contribution in [0.25, 0.3) is 0 Å². The third kappa shape index (κ3) is 5.13. The fraction of sp³-hybridized carbons (Fsp3) is 0.474. The molecule has 0 bridgehead atoms. The zero-order valence-corrected chi connectivity index (χ0v) is 15.9. The number of rotatable bonds is 9. The average molecular weight is 378 g/mol. The second-order valence-corrected chi connectivity index (χ2v) is 6.00. The second kappa shape index (κ2) is 9.82. The van der Waals surface area contributed by atoms with E-state index in [9.17, 15) is 9.59 Å². The highest BCUT2D eigenvalue weighted by Gasteiger charge is 2.39. The Hall–Kier alpha value is -2.74. The van der Waals surface area contributed by atoms with Gasteiger partial charge in [-0.3, -0.25) is 4.79 Å². The monoisotopic (exact) mass is 378 g/mol. The Kier molecular flexibility index (Phi) is 7.48. The minimum atomic E-state index is -0.785. The van der Waals surface area contributed by atoms with Gasteiger partial charge in [0, 0.05) is 12.8 Å². The first-order valence-electron chi connectivity index (χ1n) is 8.74. The van der Waals surface area contributed by atoms with E-state index in [1.54, 1.807) is 18.2 Å². The summed E-state index contributed by atoms with van der Waals surface area (Å²) in [5.41, 5.74) is 0.955. The van der Waals surface area contributed by atoms with Gasteiger partial charge in [0.25, 0.3) is 0 Å². The summed E-state index contributed by atoms with van der Waals surface area (Å²) < 4.78 is 21.2. The highest BCUT2D eigenvalue weighted by Crippen LogP contribution is 2.35. The normalized spacial score (nSPS) is 19.1. The zero-order valence-electron chi connectivity index (χ0n) is 15.9. The van der Waals surface area contributed by atoms with Crippen LogP contribution in [0.15, 0.2) is 30.5 Å². The number of benzene rings is 1. The van der Waals surface area contributed by atoms with Crippen molar-refractivity contribution >= 4 is 12.0 Å². The molecule has 1 aromatic carbocycles. The smallest absolute Gasteiger partial charge is 0.319 e. The summed E-state index contributed by atoms with van der Waals surface area (Å²) in [6, 6.07) is 4.21. The Labute approximate surface area is 158 Å². The van der Waals surface area contributed by atoms with Gasteiger partial charge in [0.05, 0.1) is 26.4 Å². The third-order valence-corrected chi connectivity index (χ3v) is 4.06. The summed E-state index contributed by atoms with van der Waals surface area (Å²) in [5.74, 6) is -0.168. The number of nitrogens with one attached hydrogen (secondary N) is 2. The Morgan fingerprint density at radius 2 is 1.96 bits per heavy atom. The molecule has 148 valence electrons. The minimum absolute atomic E-state index is 0.118. The SMILES string of the molecule is C=C1NC(=O)N[C@@H](c2ccc(OCCC)c(OC)c2)[C@@H]1C(=O)OCCOC. The van der Waals surface area contributed by atoms with Crippen LogP contribution in [-0.4, -0.2) is 46.0 Å². The lowest BCUT2D eigenvalue weighted by Crippen LogP contribution is -2.51. The van der Waals surface area contributed by atoms with E-state index in [4.69, 9.17) is 18.9 Å². The van der Waals surface area contributed by atoms with Gasteiger partial charge in [0.15, 0.2) is 11.5 Å². The van der Waals surface area contributed by atoms with Crippen LogP contribution in [0.2, 0.25) is 0 Å². The van der Waals surface area contributed by atoms with Crippen molar-refractivity contribution in [2.75, 3.05) is 34.0 Å². The van der Waals surface area contributed by atoms with Gasteiger partial charge in [-0.2, -0.15) is 0 Å². The van der Waals surface area contributed by atoms with Gasteiger partial charge in [0.2, 0.25) is 0 Å². The van der Waals surface area contributed by atoms with Gasteiger partial charge in [-0.15, -0.1) is 0 Å². The molecular formula is C19H26N2O6. The second-order valence-electron chi connectivity index (χ2n) is 6.00. The molecule has 1 saturated heterocycles. The summed E-state index contributed by atoms with van der Waals surface area (Å²) in [4.78, 5) is 24.5. The van der Waals surface area contributed by atoms with Crippen LogP contribution in [0, 0.1) is 5.92 Å². The number of urea groups is 1. The number of hydrogen-bond donors (Lipinski definition) is 2. The van der Waals surface area contributed by atoms with Crippen LogP contribution in [0.1, 0.15) is 24.9 Å². The Bertz CT molecular complexity index is 691. The van der Waals surface area contributed by atoms with E-state index in [0.717, 1.165) is 6.42 Å². The van der Waals surface area contributed by atoms with Crippen molar-refractivity contribution in [1.82, 2.24) is 10.6 Å². The van der Waals surface area contributed by atoms with Crippen LogP contribution >= 0.6 is 0 Å². The standard InChI is InChI=1S/C19H26N2O6/c1-5-8-26-14-7-6-13(11-15(14)25-4)17-16(12(2)20-19(23)21-17)18(22)27-10-9-24-3/h6-7,11,16-17H,2,5,8-10H2,1,3-4H3,(H2,20,21,23)/t16-,17+/m1/s1. The molecule has 0 aromatic heterocycles. The molecular weight excluding hydrogens is 352 g/mol. The van der Waals surface area contributed by atoms with Gasteiger partial charge in [-0.05, 0) is 24.1 Å². The van der Waals surface area contributed by atoms with Crippen molar-refractivity contribution in [2.45, 2.75) is 19.4 Å². The summed E-state index contributed by atoms with van der Waals surface area (Å²) in [5, 5.41) is 5.29. The molecule has 0 aliphatic carbocycles. The van der Waals surface area contributed by atoms with Gasteiger partial charge >= 0.3 is 12.0 Å². The predicted molar refractivity (Wildman–Crippen MR) is 98.7 cm³/mol. The number of hydrogen-bond acceptors (Lipinski definition) is 6. The lowest BCUT2D eigenvalue weighted by Gasteiger charge is -2.33. The quantitative estimate of drug-likeness (QED) is 0.505. The number of esters is 1. The number of methoxy groups -OCH3 is 2. The molecule has 0 saturated carbocycles. The van der Waals surface area contributed by atoms with Gasteiger partial charge in [0.1, 0.15) is 12.5 Å². The van der Waals surface area contributed by atoms with E-state index in [0.29, 0.717) is 23.7 Å². The summed E-state index contributed by atoms with van der Waals surface area (Å²) in [7, 11) is 3.06. The van der Waals surface area contributed by atoms with Crippen molar-refractivity contribution in [1.29, 1.82) is 0 Å². The maximum absolute atomic E-state index is 12.6. The average Bonchev–Trinajstić information content (AvgIpc) is 2.65. The highest BCUT2D eigenvalue weighted by molar-refractivity contribution is 5.85. The van der Waals surface area contributed by atoms with E-state index in [1.165, 1.54) is 14.2 Å². The van der Waals surface area contributed by atoms with Crippen LogP contribution in [0.3, 0.4) is 0 Å². The first-order valence-corrected chi connectivity index (χ1v) is 8.74. The Balaban J connectivity index is 2.29. The zero-order chi connectivity index (χ0) is 19.8.